The molecule has 0 saturated heterocycles. The van der Waals surface area contributed by atoms with E-state index in [1.54, 1.807) is 60.7 Å². The molecule has 0 fully saturated rings. The van der Waals surface area contributed by atoms with Gasteiger partial charge in [0.25, 0.3) is 5.92 Å². The fourth-order valence-corrected chi connectivity index (χ4v) is 2.05. The van der Waals surface area contributed by atoms with Crippen molar-refractivity contribution in [3.8, 4) is 0 Å². The third kappa shape index (κ3) is 4.20. The number of alkyl halides is 2. The van der Waals surface area contributed by atoms with Gasteiger partial charge in [0, 0.05) is 18.4 Å². The summed E-state index contributed by atoms with van der Waals surface area (Å²) in [5, 5.41) is 9.70. The van der Waals surface area contributed by atoms with Crippen LogP contribution in [-0.2, 0) is 6.42 Å². The molecule has 0 bridgehead atoms. The zero-order valence-electron chi connectivity index (χ0n) is 11.4. The molecule has 2 aromatic carbocycles. The van der Waals surface area contributed by atoms with E-state index in [1.807, 2.05) is 0 Å². The van der Waals surface area contributed by atoms with E-state index < -0.39 is 30.7 Å². The molecule has 0 aliphatic heterocycles. The van der Waals surface area contributed by atoms with E-state index in [-0.39, 0.29) is 0 Å². The van der Waals surface area contributed by atoms with E-state index in [4.69, 9.17) is 0 Å². The molecule has 110 valence electrons. The highest BCUT2D eigenvalue weighted by atomic mass is 19.3. The molecule has 1 N–H and O–H groups in total. The van der Waals surface area contributed by atoms with E-state index in [1.165, 1.54) is 0 Å². The summed E-state index contributed by atoms with van der Waals surface area (Å²) < 4.78 is 28.0. The molecule has 1 atom stereocenters. The highest BCUT2D eigenvalue weighted by molar-refractivity contribution is 5.96. The SMILES string of the molecule is O=C(CC(O)C(F)(F)Cc1ccccc1)c1ccccc1. The first kappa shape index (κ1) is 15.3. The van der Waals surface area contributed by atoms with Crippen molar-refractivity contribution in [2.75, 3.05) is 0 Å². The molecule has 0 heterocycles. The average molecular weight is 290 g/mol. The number of hydrogen-bond donors (Lipinski definition) is 1. The minimum atomic E-state index is -3.34. The first-order valence-electron chi connectivity index (χ1n) is 6.67. The largest absolute Gasteiger partial charge is 0.386 e. The number of Topliss-reactive ketones (excluding diaryl/α,β-unsaturated/α-hetero) is 1. The number of aliphatic hydroxyl groups is 1. The van der Waals surface area contributed by atoms with E-state index in [0.717, 1.165) is 0 Å². The molecule has 21 heavy (non-hydrogen) atoms. The first-order chi connectivity index (χ1) is 9.99. The van der Waals surface area contributed by atoms with Crippen LogP contribution in [0.4, 0.5) is 8.78 Å². The summed E-state index contributed by atoms with van der Waals surface area (Å²) in [6.07, 6.45) is -3.17. The van der Waals surface area contributed by atoms with Crippen LogP contribution in [0.5, 0.6) is 0 Å². The molecule has 0 aliphatic rings. The standard InChI is InChI=1S/C17H16F2O2/c18-17(19,12-13-7-3-1-4-8-13)16(21)11-15(20)14-9-5-2-6-10-14/h1-10,16,21H,11-12H2. The maximum absolute atomic E-state index is 14.0. The summed E-state index contributed by atoms with van der Waals surface area (Å²) >= 11 is 0. The molecular formula is C17H16F2O2. The van der Waals surface area contributed by atoms with Crippen LogP contribution < -0.4 is 0 Å². The minimum Gasteiger partial charge on any atom is -0.386 e. The Morgan fingerprint density at radius 1 is 1.00 bits per heavy atom. The van der Waals surface area contributed by atoms with Crippen molar-refractivity contribution in [1.82, 2.24) is 0 Å². The maximum Gasteiger partial charge on any atom is 0.277 e. The monoisotopic (exact) mass is 290 g/mol. The van der Waals surface area contributed by atoms with Gasteiger partial charge in [0.1, 0.15) is 6.10 Å². The van der Waals surface area contributed by atoms with Crippen LogP contribution in [0.25, 0.3) is 0 Å². The Morgan fingerprint density at radius 2 is 1.52 bits per heavy atom. The number of hydrogen-bond acceptors (Lipinski definition) is 2. The second kappa shape index (κ2) is 6.59. The van der Waals surface area contributed by atoms with Gasteiger partial charge >= 0.3 is 0 Å². The second-order valence-corrected chi connectivity index (χ2v) is 4.93. The Kier molecular flexibility index (Phi) is 4.81. The second-order valence-electron chi connectivity index (χ2n) is 4.93. The Bertz CT molecular complexity index is 582. The highest BCUT2D eigenvalue weighted by Gasteiger charge is 2.39. The van der Waals surface area contributed by atoms with Crippen molar-refractivity contribution in [2.24, 2.45) is 0 Å². The number of ketones is 1. The lowest BCUT2D eigenvalue weighted by atomic mass is 9.97. The van der Waals surface area contributed by atoms with E-state index >= 15 is 0 Å². The lowest BCUT2D eigenvalue weighted by Gasteiger charge is -2.22. The molecule has 0 aliphatic carbocycles. The van der Waals surface area contributed by atoms with Crippen LogP contribution in [0, 0.1) is 0 Å². The van der Waals surface area contributed by atoms with Gasteiger partial charge in [-0.15, -0.1) is 0 Å². The zero-order chi connectivity index (χ0) is 15.3. The molecule has 4 heteroatoms. The van der Waals surface area contributed by atoms with Crippen LogP contribution >= 0.6 is 0 Å². The summed E-state index contributed by atoms with van der Waals surface area (Å²) in [6, 6.07) is 16.3. The molecule has 0 spiro atoms. The number of carbonyl (C=O) groups excluding carboxylic acids is 1. The molecule has 0 radical (unpaired) electrons. The molecule has 2 nitrogen and oxygen atoms in total. The summed E-state index contributed by atoms with van der Waals surface area (Å²) in [6.45, 7) is 0. The molecule has 0 saturated carbocycles. The van der Waals surface area contributed by atoms with Crippen molar-refractivity contribution < 1.29 is 18.7 Å². The van der Waals surface area contributed by atoms with Crippen LogP contribution in [0.15, 0.2) is 60.7 Å². The smallest absolute Gasteiger partial charge is 0.277 e. The van der Waals surface area contributed by atoms with Gasteiger partial charge in [-0.25, -0.2) is 8.78 Å². The normalized spacial score (nSPS) is 12.9. The van der Waals surface area contributed by atoms with E-state index in [9.17, 15) is 18.7 Å². The van der Waals surface area contributed by atoms with Crippen LogP contribution in [-0.4, -0.2) is 22.9 Å². The fourth-order valence-electron chi connectivity index (χ4n) is 2.05. The molecule has 2 rings (SSSR count). The molecule has 2 aromatic rings. The van der Waals surface area contributed by atoms with Crippen molar-refractivity contribution in [3.63, 3.8) is 0 Å². The van der Waals surface area contributed by atoms with Gasteiger partial charge < -0.3 is 5.11 Å². The van der Waals surface area contributed by atoms with Gasteiger partial charge in [-0.2, -0.15) is 0 Å². The topological polar surface area (TPSA) is 37.3 Å². The van der Waals surface area contributed by atoms with Gasteiger partial charge in [0.15, 0.2) is 5.78 Å². The van der Waals surface area contributed by atoms with E-state index in [2.05, 4.69) is 0 Å². The Hall–Kier alpha value is -2.07. The first-order valence-corrected chi connectivity index (χ1v) is 6.67. The van der Waals surface area contributed by atoms with Crippen LogP contribution in [0.3, 0.4) is 0 Å². The van der Waals surface area contributed by atoms with Crippen LogP contribution in [0.2, 0.25) is 0 Å². The predicted molar refractivity (Wildman–Crippen MR) is 76.5 cm³/mol. The van der Waals surface area contributed by atoms with Gasteiger partial charge in [-0.3, -0.25) is 4.79 Å². The molecule has 0 aromatic heterocycles. The highest BCUT2D eigenvalue weighted by Crippen LogP contribution is 2.27. The number of carbonyl (C=O) groups is 1. The van der Waals surface area contributed by atoms with Crippen molar-refractivity contribution in [3.05, 3.63) is 71.8 Å². The molecular weight excluding hydrogens is 274 g/mol. The van der Waals surface area contributed by atoms with Crippen LogP contribution in [0.1, 0.15) is 22.3 Å². The summed E-state index contributed by atoms with van der Waals surface area (Å²) in [7, 11) is 0. The van der Waals surface area contributed by atoms with Crippen molar-refractivity contribution >= 4 is 5.78 Å². The zero-order valence-corrected chi connectivity index (χ0v) is 11.4. The number of rotatable bonds is 6. The van der Waals surface area contributed by atoms with Gasteiger partial charge in [-0.05, 0) is 5.56 Å². The summed E-state index contributed by atoms with van der Waals surface area (Å²) in [5.74, 6) is -3.83. The summed E-state index contributed by atoms with van der Waals surface area (Å²) in [5.41, 5.74) is 0.751. The minimum absolute atomic E-state index is 0.326. The quantitative estimate of drug-likeness (QED) is 0.827. The third-order valence-electron chi connectivity index (χ3n) is 3.24. The van der Waals surface area contributed by atoms with Gasteiger partial charge in [-0.1, -0.05) is 60.7 Å². The molecule has 0 amide bonds. The Labute approximate surface area is 122 Å². The summed E-state index contributed by atoms with van der Waals surface area (Å²) in [4.78, 5) is 11.9. The number of benzene rings is 2. The fraction of sp³-hybridized carbons (Fsp3) is 0.235. The lowest BCUT2D eigenvalue weighted by Crippen LogP contribution is -2.37. The van der Waals surface area contributed by atoms with E-state index in [0.29, 0.717) is 11.1 Å². The average Bonchev–Trinajstić information content (AvgIpc) is 2.48. The Balaban J connectivity index is 2.01. The number of halogens is 2. The Morgan fingerprint density at radius 3 is 2.10 bits per heavy atom. The maximum atomic E-state index is 14.0. The van der Waals surface area contributed by atoms with Crippen molar-refractivity contribution in [1.29, 1.82) is 0 Å². The number of aliphatic hydroxyl groups excluding tert-OH is 1. The van der Waals surface area contributed by atoms with Gasteiger partial charge in [0.05, 0.1) is 0 Å². The van der Waals surface area contributed by atoms with Gasteiger partial charge in [0.2, 0.25) is 0 Å². The predicted octanol–water partition coefficient (Wildman–Crippen LogP) is 3.50. The van der Waals surface area contributed by atoms with Crippen molar-refractivity contribution in [2.45, 2.75) is 24.9 Å². The lowest BCUT2D eigenvalue weighted by molar-refractivity contribution is -0.106. The third-order valence-corrected chi connectivity index (χ3v) is 3.24. The molecule has 1 unspecified atom stereocenters.